The molecule has 0 unspecified atom stereocenters. The lowest BCUT2D eigenvalue weighted by Crippen LogP contribution is -2.50. The van der Waals surface area contributed by atoms with E-state index in [0.29, 0.717) is 0 Å². The molecule has 0 aliphatic carbocycles. The Morgan fingerprint density at radius 2 is 0.818 bits per heavy atom. The second-order valence-corrected chi connectivity index (χ2v) is 19.6. The molecule has 0 atom stereocenters. The van der Waals surface area contributed by atoms with Crippen molar-refractivity contribution in [2.75, 3.05) is 0 Å². The second-order valence-electron chi connectivity index (χ2n) is 15.3. The summed E-state index contributed by atoms with van der Waals surface area (Å²) < 4.78 is 0. The smallest absolute Gasteiger partial charge is 0.160 e. The third-order valence-corrected chi connectivity index (χ3v) is 15.3. The van der Waals surface area contributed by atoms with E-state index in [0.717, 1.165) is 39.5 Å². The van der Waals surface area contributed by atoms with Gasteiger partial charge in [-0.25, -0.2) is 9.97 Å². The fraction of sp³-hybridized carbons (Fsp3) is 0.0385. The molecule has 1 aromatic heterocycles. The van der Waals surface area contributed by atoms with E-state index in [1.54, 1.807) is 0 Å². The molecule has 0 fully saturated rings. The van der Waals surface area contributed by atoms with Crippen LogP contribution < -0.4 is 10.4 Å². The average Bonchev–Trinajstić information content (AvgIpc) is 3.49. The van der Waals surface area contributed by atoms with Gasteiger partial charge in [-0.1, -0.05) is 177 Å². The van der Waals surface area contributed by atoms with E-state index in [1.807, 2.05) is 0 Å². The van der Waals surface area contributed by atoms with Crippen molar-refractivity contribution in [3.8, 4) is 56.2 Å². The zero-order chi connectivity index (χ0) is 36.7. The van der Waals surface area contributed by atoms with E-state index in [1.165, 1.54) is 70.2 Å². The zero-order valence-electron chi connectivity index (χ0n) is 30.7. The van der Waals surface area contributed by atoms with E-state index >= 15 is 0 Å². The molecule has 9 aromatic carbocycles. The van der Waals surface area contributed by atoms with Crippen molar-refractivity contribution in [2.24, 2.45) is 0 Å². The van der Waals surface area contributed by atoms with Crippen LogP contribution in [-0.2, 0) is 0 Å². The molecule has 0 radical (unpaired) electrons. The van der Waals surface area contributed by atoms with E-state index in [9.17, 15) is 0 Å². The predicted molar refractivity (Wildman–Crippen MR) is 236 cm³/mol. The number of aromatic nitrogens is 2. The monoisotopic (exact) mass is 716 g/mol. The van der Waals surface area contributed by atoms with Crippen LogP contribution in [0.1, 0.15) is 0 Å². The van der Waals surface area contributed by atoms with Gasteiger partial charge in [0, 0.05) is 16.7 Å². The molecule has 0 amide bonds. The number of hydrogen-bond donors (Lipinski definition) is 0. The molecule has 2 nitrogen and oxygen atoms in total. The molecule has 258 valence electrons. The van der Waals surface area contributed by atoms with Gasteiger partial charge in [-0.2, -0.15) is 0 Å². The van der Waals surface area contributed by atoms with Crippen LogP contribution in [0, 0.1) is 0 Å². The Hall–Kier alpha value is -6.68. The molecule has 3 heteroatoms. The number of benzene rings is 9. The zero-order valence-corrected chi connectivity index (χ0v) is 31.7. The molecule has 0 N–H and O–H groups in total. The van der Waals surface area contributed by atoms with Gasteiger partial charge in [0.2, 0.25) is 0 Å². The molecule has 0 saturated carbocycles. The van der Waals surface area contributed by atoms with Crippen molar-refractivity contribution < 1.29 is 0 Å². The maximum atomic E-state index is 5.45. The minimum absolute atomic E-state index is 0.759. The molecule has 0 saturated heterocycles. The fourth-order valence-electron chi connectivity index (χ4n) is 9.25. The summed E-state index contributed by atoms with van der Waals surface area (Å²) in [6, 6.07) is 66.2. The number of hydrogen-bond acceptors (Lipinski definition) is 2. The lowest BCUT2D eigenvalue weighted by atomic mass is 9.91. The van der Waals surface area contributed by atoms with E-state index in [-0.39, 0.29) is 0 Å². The molecule has 0 bridgehead atoms. The van der Waals surface area contributed by atoms with Crippen LogP contribution in [0.2, 0.25) is 13.1 Å². The lowest BCUT2D eigenvalue weighted by Gasteiger charge is -2.23. The van der Waals surface area contributed by atoms with Crippen LogP contribution in [0.15, 0.2) is 182 Å². The van der Waals surface area contributed by atoms with Crippen molar-refractivity contribution in [1.29, 1.82) is 0 Å². The summed E-state index contributed by atoms with van der Waals surface area (Å²) in [6.45, 7) is 4.93. The summed E-state index contributed by atoms with van der Waals surface area (Å²) in [6.07, 6.45) is 0. The third-order valence-electron chi connectivity index (χ3n) is 11.8. The maximum absolute atomic E-state index is 5.45. The fourth-order valence-corrected chi connectivity index (χ4v) is 12.9. The van der Waals surface area contributed by atoms with Gasteiger partial charge in [0.1, 0.15) is 8.07 Å². The van der Waals surface area contributed by atoms with Gasteiger partial charge >= 0.3 is 0 Å². The van der Waals surface area contributed by atoms with Crippen molar-refractivity contribution in [3.63, 3.8) is 0 Å². The molecule has 11 rings (SSSR count). The topological polar surface area (TPSA) is 25.8 Å². The third kappa shape index (κ3) is 4.94. The lowest BCUT2D eigenvalue weighted by molar-refractivity contribution is 1.20. The average molecular weight is 717 g/mol. The highest BCUT2D eigenvalue weighted by Crippen LogP contribution is 2.39. The highest BCUT2D eigenvalue weighted by molar-refractivity contribution is 7.05. The summed E-state index contributed by atoms with van der Waals surface area (Å²) in [7, 11) is -2.17. The summed E-state index contributed by atoms with van der Waals surface area (Å²) in [4.78, 5) is 10.9. The maximum Gasteiger partial charge on any atom is 0.160 e. The highest BCUT2D eigenvalue weighted by atomic mass is 28.3. The van der Waals surface area contributed by atoms with Crippen molar-refractivity contribution in [2.45, 2.75) is 13.1 Å². The van der Waals surface area contributed by atoms with Crippen LogP contribution in [0.25, 0.3) is 99.2 Å². The largest absolute Gasteiger partial charge is 0.228 e. The summed E-state index contributed by atoms with van der Waals surface area (Å²) >= 11 is 0. The Morgan fingerprint density at radius 3 is 1.49 bits per heavy atom. The molecular formula is C52H36N2Si. The normalized spacial score (nSPS) is 13.1. The van der Waals surface area contributed by atoms with E-state index < -0.39 is 8.07 Å². The van der Waals surface area contributed by atoms with Gasteiger partial charge in [0.15, 0.2) is 5.82 Å². The Labute approximate surface area is 321 Å². The van der Waals surface area contributed by atoms with Gasteiger partial charge in [-0.15, -0.1) is 0 Å². The van der Waals surface area contributed by atoms with E-state index in [2.05, 4.69) is 195 Å². The molecule has 10 aromatic rings. The van der Waals surface area contributed by atoms with Gasteiger partial charge in [0.25, 0.3) is 0 Å². The van der Waals surface area contributed by atoms with Crippen molar-refractivity contribution in [3.05, 3.63) is 182 Å². The standard InChI is InChI=1S/C52H36N2Si/c1-55(2)50-40-21-7-6-14-33(40)26-29-46(50)49-51(55)48(34-15-4-3-5-16-34)53-52(54-49)39-20-13-19-37(31-39)35-17-12-18-36(30-35)38-27-28-45-43-24-9-8-22-41(43)42-23-10-11-25-44(42)47(45)32-38/h3-32H,1-2H3. The molecule has 55 heavy (non-hydrogen) atoms. The second kappa shape index (κ2) is 12.2. The van der Waals surface area contributed by atoms with Crippen molar-refractivity contribution in [1.82, 2.24) is 9.97 Å². The minimum atomic E-state index is -2.17. The SMILES string of the molecule is C[Si]1(C)c2c(-c3ccccc3)nc(-c3cccc(-c4cccc(-c5ccc6c7ccccc7c7ccccc7c6c5)c4)c3)nc2-c2ccc3ccccc3c21. The van der Waals surface area contributed by atoms with E-state index in [4.69, 9.17) is 9.97 Å². The van der Waals surface area contributed by atoms with Crippen LogP contribution in [0.5, 0.6) is 0 Å². The molecule has 1 aliphatic heterocycles. The van der Waals surface area contributed by atoms with Gasteiger partial charge in [-0.05, 0) is 93.9 Å². The minimum Gasteiger partial charge on any atom is -0.228 e. The predicted octanol–water partition coefficient (Wildman–Crippen LogP) is 12.6. The Balaban J connectivity index is 1.04. The number of fused-ring (bicyclic) bond motifs is 11. The van der Waals surface area contributed by atoms with Crippen LogP contribution in [0.3, 0.4) is 0 Å². The van der Waals surface area contributed by atoms with Crippen LogP contribution >= 0.6 is 0 Å². The van der Waals surface area contributed by atoms with Crippen molar-refractivity contribution >= 4 is 61.5 Å². The Kier molecular flexibility index (Phi) is 7.04. The summed E-state index contributed by atoms with van der Waals surface area (Å²) in [5.74, 6) is 0.759. The Bertz CT molecular complexity index is 3150. The molecule has 1 aliphatic rings. The highest BCUT2D eigenvalue weighted by Gasteiger charge is 2.43. The molecule has 2 heterocycles. The Morgan fingerprint density at radius 1 is 0.327 bits per heavy atom. The summed E-state index contributed by atoms with van der Waals surface area (Å²) in [5.41, 5.74) is 10.3. The van der Waals surface area contributed by atoms with Crippen LogP contribution in [-0.4, -0.2) is 18.0 Å². The first-order valence-electron chi connectivity index (χ1n) is 19.1. The molecule has 0 spiro atoms. The van der Waals surface area contributed by atoms with Crippen LogP contribution in [0.4, 0.5) is 0 Å². The number of nitrogens with zero attached hydrogens (tertiary/aromatic N) is 2. The van der Waals surface area contributed by atoms with Gasteiger partial charge in [0.05, 0.1) is 11.4 Å². The van der Waals surface area contributed by atoms with Gasteiger partial charge < -0.3 is 0 Å². The first-order valence-corrected chi connectivity index (χ1v) is 22.1. The number of rotatable bonds is 4. The summed E-state index contributed by atoms with van der Waals surface area (Å²) in [5, 5.41) is 13.1. The molecular weight excluding hydrogens is 681 g/mol. The first kappa shape index (κ1) is 31.8. The quantitative estimate of drug-likeness (QED) is 0.134. The first-order chi connectivity index (χ1) is 27.0. The van der Waals surface area contributed by atoms with Gasteiger partial charge in [-0.3, -0.25) is 0 Å².